The van der Waals surface area contributed by atoms with E-state index in [4.69, 9.17) is 15.2 Å². The van der Waals surface area contributed by atoms with Crippen molar-refractivity contribution in [3.05, 3.63) is 11.8 Å². The molecule has 0 radical (unpaired) electrons. The molecule has 1 heterocycles. The molecule has 1 saturated heterocycles. The topological polar surface area (TPSA) is 123 Å². The molecular weight excluding hydrogens is 386 g/mol. The lowest BCUT2D eigenvalue weighted by atomic mass is 9.90. The molecule has 2 aliphatic rings. The van der Waals surface area contributed by atoms with E-state index in [1.54, 1.807) is 13.8 Å². The summed E-state index contributed by atoms with van der Waals surface area (Å²) in [6.45, 7) is 8.29. The molecule has 1 aliphatic heterocycles. The van der Waals surface area contributed by atoms with E-state index in [0.29, 0.717) is 18.9 Å². The van der Waals surface area contributed by atoms with Crippen LogP contribution < -0.4 is 16.4 Å². The van der Waals surface area contributed by atoms with Gasteiger partial charge in [-0.15, -0.1) is 0 Å². The number of hydrogen-bond acceptors (Lipinski definition) is 7. The van der Waals surface area contributed by atoms with Crippen LogP contribution in [0.4, 0.5) is 0 Å². The van der Waals surface area contributed by atoms with Gasteiger partial charge in [-0.25, -0.2) is 0 Å². The fourth-order valence-electron chi connectivity index (χ4n) is 3.66. The van der Waals surface area contributed by atoms with E-state index in [1.165, 1.54) is 6.08 Å². The normalized spacial score (nSPS) is 26.3. The van der Waals surface area contributed by atoms with Crippen LogP contribution in [0.1, 0.15) is 72.6 Å². The molecule has 8 nitrogen and oxygen atoms in total. The lowest BCUT2D eigenvalue weighted by Gasteiger charge is -2.34. The van der Waals surface area contributed by atoms with E-state index >= 15 is 0 Å². The minimum Gasteiger partial charge on any atom is -0.401 e. The van der Waals surface area contributed by atoms with E-state index < -0.39 is 22.8 Å². The summed E-state index contributed by atoms with van der Waals surface area (Å²) < 4.78 is 11.4. The lowest BCUT2D eigenvalue weighted by Crippen LogP contribution is -2.57. The Morgan fingerprint density at radius 2 is 1.80 bits per heavy atom. The molecule has 1 unspecified atom stereocenters. The number of rotatable bonds is 8. The number of carbonyl (C=O) groups excluding carboxylic acids is 2. The molecule has 0 spiro atoms. The first kappa shape index (κ1) is 24.8. The molecule has 2 rings (SSSR count). The van der Waals surface area contributed by atoms with E-state index in [1.807, 2.05) is 13.8 Å². The number of nitrogens with two attached hydrogens (primary N) is 1. The summed E-state index contributed by atoms with van der Waals surface area (Å²) >= 11 is 0. The smallest absolute Gasteiger partial charge is 0.252 e. The molecule has 0 aromatic carbocycles. The average molecular weight is 426 g/mol. The van der Waals surface area contributed by atoms with Crippen molar-refractivity contribution >= 4 is 11.8 Å². The highest BCUT2D eigenvalue weighted by Crippen LogP contribution is 2.25. The fraction of sp³-hybridized carbons (Fsp3) is 0.818. The first-order valence-corrected chi connectivity index (χ1v) is 11.0. The monoisotopic (exact) mass is 425 g/mol. The molecule has 0 aromatic heterocycles. The van der Waals surface area contributed by atoms with Crippen LogP contribution in [0.2, 0.25) is 0 Å². The van der Waals surface area contributed by atoms with Crippen LogP contribution in [0.5, 0.6) is 0 Å². The van der Waals surface area contributed by atoms with Crippen molar-refractivity contribution in [1.82, 2.24) is 10.6 Å². The number of nitrogens with one attached hydrogen (secondary N) is 2. The van der Waals surface area contributed by atoms with E-state index in [0.717, 1.165) is 44.9 Å². The largest absolute Gasteiger partial charge is 0.401 e. The maximum Gasteiger partial charge on any atom is 0.252 e. The van der Waals surface area contributed by atoms with Crippen LogP contribution in [0.15, 0.2) is 11.8 Å². The van der Waals surface area contributed by atoms with Gasteiger partial charge < -0.3 is 25.6 Å². The maximum absolute atomic E-state index is 12.6. The van der Waals surface area contributed by atoms with Gasteiger partial charge in [-0.2, -0.15) is 0 Å². The minimum atomic E-state index is -0.915. The Hall–Kier alpha value is -1.48. The minimum absolute atomic E-state index is 0.142. The number of ether oxygens (including phenoxy) is 2. The van der Waals surface area contributed by atoms with Crippen LogP contribution in [0.3, 0.4) is 0 Å². The second-order valence-corrected chi connectivity index (χ2v) is 9.68. The molecule has 0 bridgehead atoms. The predicted molar refractivity (Wildman–Crippen MR) is 114 cm³/mol. The van der Waals surface area contributed by atoms with Crippen molar-refractivity contribution in [2.75, 3.05) is 13.2 Å². The van der Waals surface area contributed by atoms with Gasteiger partial charge in [0.25, 0.3) is 5.91 Å². The van der Waals surface area contributed by atoms with Gasteiger partial charge >= 0.3 is 0 Å². The van der Waals surface area contributed by atoms with Crippen molar-refractivity contribution < 1.29 is 24.2 Å². The number of aliphatic hydroxyl groups is 1. The van der Waals surface area contributed by atoms with Gasteiger partial charge in [-0.05, 0) is 58.8 Å². The summed E-state index contributed by atoms with van der Waals surface area (Å²) in [5, 5.41) is 15.3. The van der Waals surface area contributed by atoms with Gasteiger partial charge in [0, 0.05) is 29.8 Å². The van der Waals surface area contributed by atoms with Gasteiger partial charge in [0.05, 0.1) is 18.2 Å². The third-order valence-corrected chi connectivity index (χ3v) is 5.90. The van der Waals surface area contributed by atoms with Gasteiger partial charge in [0.2, 0.25) is 5.91 Å². The second-order valence-electron chi connectivity index (χ2n) is 9.68. The summed E-state index contributed by atoms with van der Waals surface area (Å²) in [5.74, 6) is -0.958. The van der Waals surface area contributed by atoms with E-state index in [-0.39, 0.29) is 18.4 Å². The Kier molecular flexibility index (Phi) is 8.85. The molecule has 1 aliphatic carbocycles. The summed E-state index contributed by atoms with van der Waals surface area (Å²) in [7, 11) is 0. The Labute approximate surface area is 179 Å². The fourth-order valence-corrected chi connectivity index (χ4v) is 3.66. The van der Waals surface area contributed by atoms with Crippen molar-refractivity contribution in [3.63, 3.8) is 0 Å². The SMILES string of the molecule is CC(C)(COC1CCCCO1)C(N)=CC(=O)NC(=O)C(C)(C)NC1CCC(O)CC1. The quantitative estimate of drug-likeness (QED) is 0.437. The lowest BCUT2D eigenvalue weighted by molar-refractivity contribution is -0.173. The summed E-state index contributed by atoms with van der Waals surface area (Å²) in [4.78, 5) is 25.0. The van der Waals surface area contributed by atoms with Gasteiger partial charge in [0.15, 0.2) is 6.29 Å². The molecule has 1 saturated carbocycles. The van der Waals surface area contributed by atoms with Crippen LogP contribution in [-0.2, 0) is 19.1 Å². The maximum atomic E-state index is 12.6. The first-order valence-electron chi connectivity index (χ1n) is 11.0. The Balaban J connectivity index is 1.84. The van der Waals surface area contributed by atoms with Gasteiger partial charge in [-0.1, -0.05) is 13.8 Å². The molecule has 172 valence electrons. The summed E-state index contributed by atoms with van der Waals surface area (Å²) in [5.41, 5.74) is 5.00. The number of hydrogen-bond donors (Lipinski definition) is 4. The third-order valence-electron chi connectivity index (χ3n) is 5.90. The third kappa shape index (κ3) is 7.65. The molecule has 0 aromatic rings. The number of aliphatic hydroxyl groups excluding tert-OH is 1. The van der Waals surface area contributed by atoms with Crippen LogP contribution in [-0.4, -0.2) is 54.1 Å². The molecule has 1 atom stereocenters. The molecule has 30 heavy (non-hydrogen) atoms. The standard InChI is InChI=1S/C22H39N3O5/c1-21(2,14-30-19-7-5-6-12-29-19)17(23)13-18(27)24-20(28)22(3,4)25-15-8-10-16(26)11-9-15/h13,15-16,19,25-26H,5-12,14,23H2,1-4H3,(H,24,27,28). The molecule has 8 heteroatoms. The number of amides is 2. The average Bonchev–Trinajstić information content (AvgIpc) is 2.68. The Morgan fingerprint density at radius 3 is 2.40 bits per heavy atom. The highest BCUT2D eigenvalue weighted by atomic mass is 16.7. The molecule has 2 fully saturated rings. The van der Waals surface area contributed by atoms with E-state index in [2.05, 4.69) is 10.6 Å². The van der Waals surface area contributed by atoms with Crippen molar-refractivity contribution in [2.24, 2.45) is 11.1 Å². The number of imide groups is 1. The van der Waals surface area contributed by atoms with Gasteiger partial charge in [0.1, 0.15) is 0 Å². The molecule has 5 N–H and O–H groups in total. The molecular formula is C22H39N3O5. The highest BCUT2D eigenvalue weighted by molar-refractivity contribution is 6.04. The zero-order valence-corrected chi connectivity index (χ0v) is 18.8. The summed E-state index contributed by atoms with van der Waals surface area (Å²) in [6, 6.07) is 0.142. The van der Waals surface area contributed by atoms with Crippen molar-refractivity contribution in [3.8, 4) is 0 Å². The highest BCUT2D eigenvalue weighted by Gasteiger charge is 2.33. The zero-order valence-electron chi connectivity index (χ0n) is 18.8. The van der Waals surface area contributed by atoms with Crippen molar-refractivity contribution in [1.29, 1.82) is 0 Å². The van der Waals surface area contributed by atoms with Crippen LogP contribution in [0, 0.1) is 5.41 Å². The van der Waals surface area contributed by atoms with Crippen LogP contribution in [0.25, 0.3) is 0 Å². The number of carbonyl (C=O) groups is 2. The zero-order chi connectivity index (χ0) is 22.4. The Morgan fingerprint density at radius 1 is 1.13 bits per heavy atom. The Bertz CT molecular complexity index is 618. The summed E-state index contributed by atoms with van der Waals surface area (Å²) in [6.07, 6.45) is 6.80. The van der Waals surface area contributed by atoms with Crippen LogP contribution >= 0.6 is 0 Å². The second kappa shape index (κ2) is 10.7. The molecule has 2 amide bonds. The van der Waals surface area contributed by atoms with E-state index in [9.17, 15) is 14.7 Å². The predicted octanol–water partition coefficient (Wildman–Crippen LogP) is 1.71. The van der Waals surface area contributed by atoms with Gasteiger partial charge in [-0.3, -0.25) is 14.9 Å². The van der Waals surface area contributed by atoms with Crippen molar-refractivity contribution in [2.45, 2.75) is 96.6 Å². The first-order chi connectivity index (χ1) is 14.0.